The number of carbonyl (C=O) groups is 1. The van der Waals surface area contributed by atoms with Crippen LogP contribution in [0.3, 0.4) is 0 Å². The van der Waals surface area contributed by atoms with Crippen molar-refractivity contribution in [2.45, 2.75) is 58.0 Å². The number of likely N-dealkylation sites (tertiary alicyclic amines) is 1. The zero-order chi connectivity index (χ0) is 25.6. The number of aromatic nitrogens is 3. The highest BCUT2D eigenvalue weighted by atomic mass is 16.2. The summed E-state index contributed by atoms with van der Waals surface area (Å²) in [6.07, 6.45) is 8.28. The Kier molecular flexibility index (Phi) is 7.94. The van der Waals surface area contributed by atoms with Gasteiger partial charge in [-0.15, -0.1) is 0 Å². The third kappa shape index (κ3) is 6.25. The fraction of sp³-hybridized carbons (Fsp3) is 0.448. The number of hydrogen-bond donors (Lipinski definition) is 2. The van der Waals surface area contributed by atoms with Crippen LogP contribution in [0.1, 0.15) is 45.1 Å². The molecule has 0 bridgehead atoms. The van der Waals surface area contributed by atoms with Crippen molar-refractivity contribution < 1.29 is 4.79 Å². The minimum absolute atomic E-state index is 0.234. The number of amides is 1. The van der Waals surface area contributed by atoms with Gasteiger partial charge in [-0.05, 0) is 43.4 Å². The summed E-state index contributed by atoms with van der Waals surface area (Å²) in [4.78, 5) is 30.9. The zero-order valence-electron chi connectivity index (χ0n) is 21.9. The SMILES string of the molecule is CC(C)NCCC(=O)N1CCC(Nc2nccc(N3CCCc4cnc(-c5ccccc5)cc43)n2)CC1. The Morgan fingerprint density at radius 1 is 1.08 bits per heavy atom. The van der Waals surface area contributed by atoms with Crippen LogP contribution in [-0.2, 0) is 11.2 Å². The van der Waals surface area contributed by atoms with Crippen LogP contribution >= 0.6 is 0 Å². The molecule has 8 nitrogen and oxygen atoms in total. The number of anilines is 3. The fourth-order valence-corrected chi connectivity index (χ4v) is 5.12. The topological polar surface area (TPSA) is 86.3 Å². The van der Waals surface area contributed by atoms with Crippen molar-refractivity contribution >= 4 is 23.4 Å². The number of pyridine rings is 1. The zero-order valence-corrected chi connectivity index (χ0v) is 21.9. The van der Waals surface area contributed by atoms with Gasteiger partial charge in [0.25, 0.3) is 0 Å². The molecular weight excluding hydrogens is 462 g/mol. The maximum absolute atomic E-state index is 12.5. The van der Waals surface area contributed by atoms with E-state index >= 15 is 0 Å². The number of nitrogens with one attached hydrogen (secondary N) is 2. The van der Waals surface area contributed by atoms with Crippen molar-refractivity contribution in [3.8, 4) is 11.3 Å². The van der Waals surface area contributed by atoms with Crippen LogP contribution < -0.4 is 15.5 Å². The van der Waals surface area contributed by atoms with Crippen LogP contribution in [-0.4, -0.2) is 64.0 Å². The lowest BCUT2D eigenvalue weighted by atomic mass is 10.0. The van der Waals surface area contributed by atoms with Gasteiger partial charge in [-0.25, -0.2) is 4.98 Å². The molecule has 0 radical (unpaired) electrons. The van der Waals surface area contributed by atoms with E-state index in [1.165, 1.54) is 11.3 Å². The second-order valence-corrected chi connectivity index (χ2v) is 10.2. The van der Waals surface area contributed by atoms with Crippen LogP contribution in [0.4, 0.5) is 17.5 Å². The summed E-state index contributed by atoms with van der Waals surface area (Å²) in [5, 5.41) is 6.85. The van der Waals surface area contributed by atoms with E-state index in [1.54, 1.807) is 0 Å². The Bertz CT molecular complexity index is 1190. The summed E-state index contributed by atoms with van der Waals surface area (Å²) in [6.45, 7) is 7.38. The van der Waals surface area contributed by atoms with E-state index in [0.29, 0.717) is 18.4 Å². The van der Waals surface area contributed by atoms with Crippen LogP contribution in [0.5, 0.6) is 0 Å². The smallest absolute Gasteiger partial charge is 0.224 e. The molecule has 1 amide bonds. The number of rotatable bonds is 8. The molecule has 194 valence electrons. The van der Waals surface area contributed by atoms with Gasteiger partial charge < -0.3 is 20.4 Å². The van der Waals surface area contributed by atoms with Crippen molar-refractivity contribution in [2.24, 2.45) is 0 Å². The average molecular weight is 500 g/mol. The summed E-state index contributed by atoms with van der Waals surface area (Å²) in [5.41, 5.74) is 4.50. The van der Waals surface area contributed by atoms with Gasteiger partial charge >= 0.3 is 0 Å². The first kappa shape index (κ1) is 25.1. The number of carbonyl (C=O) groups excluding carboxylic acids is 1. The van der Waals surface area contributed by atoms with E-state index in [9.17, 15) is 4.79 Å². The number of nitrogens with zero attached hydrogens (tertiary/aromatic N) is 5. The van der Waals surface area contributed by atoms with E-state index in [4.69, 9.17) is 9.97 Å². The summed E-state index contributed by atoms with van der Waals surface area (Å²) >= 11 is 0. The number of hydrogen-bond acceptors (Lipinski definition) is 7. The van der Waals surface area contributed by atoms with Crippen molar-refractivity contribution in [1.82, 2.24) is 25.2 Å². The summed E-state index contributed by atoms with van der Waals surface area (Å²) in [6, 6.07) is 15.1. The molecule has 0 unspecified atom stereocenters. The Labute approximate surface area is 219 Å². The molecule has 0 saturated carbocycles. The summed E-state index contributed by atoms with van der Waals surface area (Å²) < 4.78 is 0. The van der Waals surface area contributed by atoms with E-state index in [0.717, 1.165) is 68.9 Å². The molecule has 2 aliphatic rings. The van der Waals surface area contributed by atoms with Gasteiger partial charge in [-0.2, -0.15) is 4.98 Å². The average Bonchev–Trinajstić information content (AvgIpc) is 2.93. The number of fused-ring (bicyclic) bond motifs is 1. The first-order chi connectivity index (χ1) is 18.1. The van der Waals surface area contributed by atoms with Gasteiger partial charge in [0.2, 0.25) is 11.9 Å². The van der Waals surface area contributed by atoms with Crippen LogP contribution in [0.25, 0.3) is 11.3 Å². The lowest BCUT2D eigenvalue weighted by molar-refractivity contribution is -0.132. The number of benzene rings is 1. The molecule has 0 spiro atoms. The molecule has 2 aliphatic heterocycles. The molecule has 0 aliphatic carbocycles. The molecule has 1 saturated heterocycles. The maximum atomic E-state index is 12.5. The highest BCUT2D eigenvalue weighted by Gasteiger charge is 2.24. The lowest BCUT2D eigenvalue weighted by Gasteiger charge is -2.33. The number of aryl methyl sites for hydroxylation is 1. The van der Waals surface area contributed by atoms with Crippen molar-refractivity contribution in [3.63, 3.8) is 0 Å². The Morgan fingerprint density at radius 2 is 1.89 bits per heavy atom. The highest BCUT2D eigenvalue weighted by molar-refractivity contribution is 5.76. The molecule has 8 heteroatoms. The normalized spacial score (nSPS) is 16.1. The predicted molar refractivity (Wildman–Crippen MR) is 148 cm³/mol. The van der Waals surface area contributed by atoms with Crippen LogP contribution in [0.2, 0.25) is 0 Å². The summed E-state index contributed by atoms with van der Waals surface area (Å²) in [5.74, 6) is 1.78. The van der Waals surface area contributed by atoms with Crippen LogP contribution in [0, 0.1) is 0 Å². The molecule has 37 heavy (non-hydrogen) atoms. The first-order valence-electron chi connectivity index (χ1n) is 13.5. The van der Waals surface area contributed by atoms with Gasteiger partial charge in [-0.3, -0.25) is 9.78 Å². The van der Waals surface area contributed by atoms with Gasteiger partial charge in [-0.1, -0.05) is 44.2 Å². The molecule has 4 heterocycles. The van der Waals surface area contributed by atoms with Gasteiger partial charge in [0.05, 0.1) is 5.69 Å². The molecule has 2 N–H and O–H groups in total. The van der Waals surface area contributed by atoms with Crippen molar-refractivity contribution in [2.75, 3.05) is 36.4 Å². The molecule has 1 aromatic carbocycles. The van der Waals surface area contributed by atoms with Gasteiger partial charge in [0.15, 0.2) is 0 Å². The molecular formula is C29H37N7O. The van der Waals surface area contributed by atoms with Gasteiger partial charge in [0.1, 0.15) is 5.82 Å². The van der Waals surface area contributed by atoms with Crippen LogP contribution in [0.15, 0.2) is 54.9 Å². The maximum Gasteiger partial charge on any atom is 0.224 e. The second kappa shape index (κ2) is 11.7. The Morgan fingerprint density at radius 3 is 2.68 bits per heavy atom. The molecule has 2 aromatic heterocycles. The van der Waals surface area contributed by atoms with Crippen molar-refractivity contribution in [3.05, 3.63) is 60.4 Å². The predicted octanol–water partition coefficient (Wildman–Crippen LogP) is 4.41. The lowest BCUT2D eigenvalue weighted by Crippen LogP contribution is -2.43. The Hall–Kier alpha value is -3.52. The van der Waals surface area contributed by atoms with E-state index in [-0.39, 0.29) is 11.9 Å². The standard InChI is InChI=1S/C29H37N7O/c1-21(2)30-15-11-28(37)35-17-12-24(13-18-35)33-29-31-14-10-27(34-29)36-16-6-9-23-20-32-25(19-26(23)36)22-7-4-3-5-8-22/h3-5,7-8,10,14,19-21,24,30H,6,9,11-13,15-18H2,1-2H3,(H,31,33,34). The minimum Gasteiger partial charge on any atom is -0.351 e. The highest BCUT2D eigenvalue weighted by Crippen LogP contribution is 2.35. The van der Waals surface area contributed by atoms with E-state index in [2.05, 4.69) is 52.6 Å². The largest absolute Gasteiger partial charge is 0.351 e. The third-order valence-corrected chi connectivity index (χ3v) is 7.14. The summed E-state index contributed by atoms with van der Waals surface area (Å²) in [7, 11) is 0. The second-order valence-electron chi connectivity index (χ2n) is 10.2. The first-order valence-corrected chi connectivity index (χ1v) is 13.5. The fourth-order valence-electron chi connectivity index (χ4n) is 5.12. The quantitative estimate of drug-likeness (QED) is 0.475. The number of piperidine rings is 1. The molecule has 0 atom stereocenters. The molecule has 1 fully saturated rings. The third-order valence-electron chi connectivity index (χ3n) is 7.14. The van der Waals surface area contributed by atoms with E-state index < -0.39 is 0 Å². The Balaban J connectivity index is 1.23. The molecule has 3 aromatic rings. The monoisotopic (exact) mass is 499 g/mol. The van der Waals surface area contributed by atoms with Crippen molar-refractivity contribution in [1.29, 1.82) is 0 Å². The molecule has 5 rings (SSSR count). The minimum atomic E-state index is 0.234. The van der Waals surface area contributed by atoms with Gasteiger partial charge in [0, 0.05) is 68.3 Å². The van der Waals surface area contributed by atoms with E-state index in [1.807, 2.05) is 41.6 Å².